The summed E-state index contributed by atoms with van der Waals surface area (Å²) in [6.07, 6.45) is 1.16. The highest BCUT2D eigenvalue weighted by atomic mass is 35.5. The normalized spacial score (nSPS) is 23.2. The van der Waals surface area contributed by atoms with Gasteiger partial charge >= 0.3 is 0 Å². The van der Waals surface area contributed by atoms with Gasteiger partial charge in [0, 0.05) is 23.8 Å². The predicted molar refractivity (Wildman–Crippen MR) is 79.3 cm³/mol. The van der Waals surface area contributed by atoms with E-state index < -0.39 is 0 Å². The third kappa shape index (κ3) is 2.50. The van der Waals surface area contributed by atoms with E-state index in [4.69, 9.17) is 17.3 Å². The molecule has 1 aromatic carbocycles. The minimum atomic E-state index is 0.266. The zero-order valence-electron chi connectivity index (χ0n) is 11.5. The Kier molecular flexibility index (Phi) is 3.88. The van der Waals surface area contributed by atoms with Gasteiger partial charge < -0.3 is 10.6 Å². The molecule has 100 valence electrons. The fraction of sp³-hybridized carbons (Fsp3) is 0.600. The van der Waals surface area contributed by atoms with Crippen LogP contribution in [0.25, 0.3) is 0 Å². The zero-order valence-corrected chi connectivity index (χ0v) is 12.3. The Morgan fingerprint density at radius 3 is 2.78 bits per heavy atom. The first-order chi connectivity index (χ1) is 8.45. The first kappa shape index (κ1) is 13.7. The van der Waals surface area contributed by atoms with Crippen molar-refractivity contribution >= 4 is 17.3 Å². The molecule has 1 heterocycles. The maximum absolute atomic E-state index is 6.21. The maximum atomic E-state index is 6.21. The molecule has 2 nitrogen and oxygen atoms in total. The fourth-order valence-corrected chi connectivity index (χ4v) is 3.15. The van der Waals surface area contributed by atoms with Gasteiger partial charge in [0.15, 0.2) is 0 Å². The molecule has 1 aliphatic rings. The molecule has 0 spiro atoms. The number of benzene rings is 1. The molecule has 2 N–H and O–H groups in total. The second-order valence-corrected chi connectivity index (χ2v) is 6.42. The Hall–Kier alpha value is -0.730. The van der Waals surface area contributed by atoms with Crippen molar-refractivity contribution in [3.05, 3.63) is 28.8 Å². The molecule has 1 atom stereocenters. The van der Waals surface area contributed by atoms with E-state index in [1.54, 1.807) is 0 Å². The molecule has 2 rings (SSSR count). The number of anilines is 1. The van der Waals surface area contributed by atoms with Crippen molar-refractivity contribution in [1.82, 2.24) is 0 Å². The van der Waals surface area contributed by atoms with E-state index in [-0.39, 0.29) is 5.41 Å². The second-order valence-electron chi connectivity index (χ2n) is 6.02. The highest BCUT2D eigenvalue weighted by molar-refractivity contribution is 6.31. The molecule has 1 fully saturated rings. The molecule has 3 heteroatoms. The van der Waals surface area contributed by atoms with Crippen LogP contribution in [0.4, 0.5) is 5.69 Å². The molecule has 1 unspecified atom stereocenters. The summed E-state index contributed by atoms with van der Waals surface area (Å²) in [7, 11) is 0. The molecule has 0 amide bonds. The van der Waals surface area contributed by atoms with Gasteiger partial charge in [0.1, 0.15) is 0 Å². The van der Waals surface area contributed by atoms with E-state index in [1.165, 1.54) is 11.3 Å². The number of nitrogens with two attached hydrogens (primary N) is 1. The van der Waals surface area contributed by atoms with Gasteiger partial charge in [-0.1, -0.05) is 31.5 Å². The summed E-state index contributed by atoms with van der Waals surface area (Å²) in [5.74, 6) is 0.619. The SMILES string of the molecule is Cc1c(Cl)cccc1N1CCC(CN)C(C)(C)C1. The largest absolute Gasteiger partial charge is 0.371 e. The molecule has 1 aromatic rings. The van der Waals surface area contributed by atoms with Crippen LogP contribution in [0.1, 0.15) is 25.8 Å². The van der Waals surface area contributed by atoms with Crippen molar-refractivity contribution in [1.29, 1.82) is 0 Å². The molecular formula is C15H23ClN2. The van der Waals surface area contributed by atoms with E-state index in [0.29, 0.717) is 5.92 Å². The lowest BCUT2D eigenvalue weighted by molar-refractivity contribution is 0.182. The third-order valence-corrected chi connectivity index (χ3v) is 4.72. The van der Waals surface area contributed by atoms with Crippen LogP contribution in [0, 0.1) is 18.3 Å². The van der Waals surface area contributed by atoms with Crippen molar-refractivity contribution < 1.29 is 0 Å². The Bertz CT molecular complexity index is 429. The minimum absolute atomic E-state index is 0.266. The summed E-state index contributed by atoms with van der Waals surface area (Å²) >= 11 is 6.21. The summed E-state index contributed by atoms with van der Waals surface area (Å²) < 4.78 is 0. The Morgan fingerprint density at radius 2 is 2.17 bits per heavy atom. The van der Waals surface area contributed by atoms with Gasteiger partial charge in [-0.15, -0.1) is 0 Å². The van der Waals surface area contributed by atoms with Gasteiger partial charge in [-0.3, -0.25) is 0 Å². The minimum Gasteiger partial charge on any atom is -0.371 e. The summed E-state index contributed by atoms with van der Waals surface area (Å²) in [5.41, 5.74) is 8.59. The number of nitrogens with zero attached hydrogens (tertiary/aromatic N) is 1. The van der Waals surface area contributed by atoms with Gasteiger partial charge in [0.25, 0.3) is 0 Å². The van der Waals surface area contributed by atoms with Gasteiger partial charge in [-0.05, 0) is 48.9 Å². The highest BCUT2D eigenvalue weighted by Crippen LogP contribution is 2.38. The molecule has 0 aromatic heterocycles. The number of rotatable bonds is 2. The highest BCUT2D eigenvalue weighted by Gasteiger charge is 2.35. The third-order valence-electron chi connectivity index (χ3n) is 4.32. The smallest absolute Gasteiger partial charge is 0.0455 e. The van der Waals surface area contributed by atoms with E-state index >= 15 is 0 Å². The number of piperidine rings is 1. The lowest BCUT2D eigenvalue weighted by Gasteiger charge is -2.45. The fourth-order valence-electron chi connectivity index (χ4n) is 2.98. The van der Waals surface area contributed by atoms with Gasteiger partial charge in [-0.2, -0.15) is 0 Å². The van der Waals surface area contributed by atoms with Crippen LogP contribution in [0.5, 0.6) is 0 Å². The van der Waals surface area contributed by atoms with Crippen molar-refractivity contribution in [3.63, 3.8) is 0 Å². The van der Waals surface area contributed by atoms with Gasteiger partial charge in [0.05, 0.1) is 0 Å². The van der Waals surface area contributed by atoms with Crippen LogP contribution < -0.4 is 10.6 Å². The van der Waals surface area contributed by atoms with Crippen molar-refractivity contribution in [2.24, 2.45) is 17.1 Å². The van der Waals surface area contributed by atoms with E-state index in [0.717, 1.165) is 31.1 Å². The lowest BCUT2D eigenvalue weighted by atomic mass is 9.74. The first-order valence-corrected chi connectivity index (χ1v) is 7.03. The summed E-state index contributed by atoms with van der Waals surface area (Å²) in [5, 5.41) is 0.853. The molecule has 1 aliphatic heterocycles. The summed E-state index contributed by atoms with van der Waals surface area (Å²) in [6.45, 7) is 9.64. The number of hydrogen-bond donors (Lipinski definition) is 1. The lowest BCUT2D eigenvalue weighted by Crippen LogP contribution is -2.48. The average Bonchev–Trinajstić information content (AvgIpc) is 2.31. The number of hydrogen-bond acceptors (Lipinski definition) is 2. The maximum Gasteiger partial charge on any atom is 0.0455 e. The van der Waals surface area contributed by atoms with Crippen LogP contribution in [0.15, 0.2) is 18.2 Å². The van der Waals surface area contributed by atoms with Gasteiger partial charge in [0.2, 0.25) is 0 Å². The Balaban J connectivity index is 2.24. The zero-order chi connectivity index (χ0) is 13.3. The van der Waals surface area contributed by atoms with E-state index in [2.05, 4.69) is 31.7 Å². The van der Waals surface area contributed by atoms with Crippen molar-refractivity contribution in [2.45, 2.75) is 27.2 Å². The van der Waals surface area contributed by atoms with Crippen LogP contribution in [0.2, 0.25) is 5.02 Å². The molecule has 0 saturated carbocycles. The molecule has 18 heavy (non-hydrogen) atoms. The molecular weight excluding hydrogens is 244 g/mol. The second kappa shape index (κ2) is 5.10. The van der Waals surface area contributed by atoms with Crippen molar-refractivity contribution in [2.75, 3.05) is 24.5 Å². The van der Waals surface area contributed by atoms with Crippen LogP contribution in [0.3, 0.4) is 0 Å². The van der Waals surface area contributed by atoms with E-state index in [9.17, 15) is 0 Å². The van der Waals surface area contributed by atoms with E-state index in [1.807, 2.05) is 12.1 Å². The Labute approximate surface area is 115 Å². The quantitative estimate of drug-likeness (QED) is 0.888. The van der Waals surface area contributed by atoms with Crippen LogP contribution in [-0.4, -0.2) is 19.6 Å². The molecule has 0 aliphatic carbocycles. The monoisotopic (exact) mass is 266 g/mol. The Morgan fingerprint density at radius 1 is 1.44 bits per heavy atom. The summed E-state index contributed by atoms with van der Waals surface area (Å²) in [4.78, 5) is 2.45. The topological polar surface area (TPSA) is 29.3 Å². The molecule has 0 bridgehead atoms. The predicted octanol–water partition coefficient (Wildman–Crippen LogP) is 3.46. The van der Waals surface area contributed by atoms with Crippen LogP contribution in [-0.2, 0) is 0 Å². The first-order valence-electron chi connectivity index (χ1n) is 6.66. The average molecular weight is 267 g/mol. The van der Waals surface area contributed by atoms with Crippen molar-refractivity contribution in [3.8, 4) is 0 Å². The molecule has 0 radical (unpaired) electrons. The summed E-state index contributed by atoms with van der Waals surface area (Å²) in [6, 6.07) is 6.16. The van der Waals surface area contributed by atoms with Gasteiger partial charge in [-0.25, -0.2) is 0 Å². The van der Waals surface area contributed by atoms with Crippen LogP contribution >= 0.6 is 11.6 Å². The number of halogens is 1. The standard InChI is InChI=1S/C15H23ClN2/c1-11-13(16)5-4-6-14(11)18-8-7-12(9-17)15(2,3)10-18/h4-6,12H,7-10,17H2,1-3H3. The molecule has 1 saturated heterocycles.